The highest BCUT2D eigenvalue weighted by Gasteiger charge is 2.53. The predicted molar refractivity (Wildman–Crippen MR) is 109 cm³/mol. The van der Waals surface area contributed by atoms with Crippen molar-refractivity contribution in [2.24, 2.45) is 11.3 Å². The fraction of sp³-hybridized carbons (Fsp3) is 0.773. The molecule has 0 unspecified atom stereocenters. The Balaban J connectivity index is 1.48. The van der Waals surface area contributed by atoms with Crippen molar-refractivity contribution in [3.05, 3.63) is 23.8 Å². The number of aryl methyl sites for hydroxylation is 1. The Labute approximate surface area is 173 Å². The van der Waals surface area contributed by atoms with E-state index in [4.69, 9.17) is 9.47 Å². The summed E-state index contributed by atoms with van der Waals surface area (Å²) in [5.41, 5.74) is 1.52. The van der Waals surface area contributed by atoms with E-state index in [9.17, 15) is 4.79 Å². The van der Waals surface area contributed by atoms with Crippen LogP contribution in [-0.2, 0) is 20.8 Å². The second-order valence-corrected chi connectivity index (χ2v) is 8.80. The summed E-state index contributed by atoms with van der Waals surface area (Å²) in [5, 5.41) is 0. The molecule has 2 aliphatic heterocycles. The van der Waals surface area contributed by atoms with Gasteiger partial charge in [-0.1, -0.05) is 0 Å². The van der Waals surface area contributed by atoms with E-state index >= 15 is 0 Å². The molecule has 29 heavy (non-hydrogen) atoms. The van der Waals surface area contributed by atoms with E-state index in [1.165, 1.54) is 0 Å². The highest BCUT2D eigenvalue weighted by Crippen LogP contribution is 2.48. The highest BCUT2D eigenvalue weighted by molar-refractivity contribution is 5.78. The lowest BCUT2D eigenvalue weighted by atomic mass is 9.61. The molecular formula is C22H34N4O3. The van der Waals surface area contributed by atoms with Crippen LogP contribution in [-0.4, -0.2) is 77.8 Å². The number of piperidine rings is 1. The van der Waals surface area contributed by atoms with Gasteiger partial charge in [-0.25, -0.2) is 0 Å². The molecule has 0 N–H and O–H groups in total. The Bertz CT molecular complexity index is 692. The molecule has 0 spiro atoms. The van der Waals surface area contributed by atoms with Crippen LogP contribution in [0.3, 0.4) is 0 Å². The first-order valence-electron chi connectivity index (χ1n) is 11.1. The van der Waals surface area contributed by atoms with Crippen molar-refractivity contribution < 1.29 is 14.3 Å². The average molecular weight is 403 g/mol. The summed E-state index contributed by atoms with van der Waals surface area (Å²) >= 11 is 0. The van der Waals surface area contributed by atoms with Crippen molar-refractivity contribution in [1.29, 1.82) is 0 Å². The molecule has 3 atom stereocenters. The Kier molecular flexibility index (Phi) is 6.47. The molecule has 3 fully saturated rings. The second kappa shape index (κ2) is 9.06. The van der Waals surface area contributed by atoms with Crippen molar-refractivity contribution >= 4 is 5.97 Å². The normalized spacial score (nSPS) is 31.2. The van der Waals surface area contributed by atoms with Gasteiger partial charge in [0.05, 0.1) is 36.6 Å². The number of likely N-dealkylation sites (tertiary alicyclic amines) is 1. The number of fused-ring (bicyclic) bond motifs is 1. The molecule has 7 heteroatoms. The van der Waals surface area contributed by atoms with E-state index in [2.05, 4.69) is 19.8 Å². The minimum atomic E-state index is -0.380. The smallest absolute Gasteiger partial charge is 0.313 e. The summed E-state index contributed by atoms with van der Waals surface area (Å²) in [6.07, 6.45) is 7.78. The van der Waals surface area contributed by atoms with Gasteiger partial charge in [-0.2, -0.15) is 0 Å². The number of rotatable bonds is 5. The first kappa shape index (κ1) is 20.7. The number of carbonyl (C=O) groups excluding carboxylic acids is 1. The minimum Gasteiger partial charge on any atom is -0.466 e. The Morgan fingerprint density at radius 3 is 2.79 bits per heavy atom. The lowest BCUT2D eigenvalue weighted by molar-refractivity contribution is -0.170. The van der Waals surface area contributed by atoms with Crippen LogP contribution in [0.15, 0.2) is 12.4 Å². The van der Waals surface area contributed by atoms with Gasteiger partial charge in [-0.05, 0) is 52.0 Å². The van der Waals surface area contributed by atoms with Crippen LogP contribution in [0.2, 0.25) is 0 Å². The summed E-state index contributed by atoms with van der Waals surface area (Å²) < 4.78 is 11.1. The van der Waals surface area contributed by atoms with E-state index in [0.29, 0.717) is 18.6 Å². The van der Waals surface area contributed by atoms with Crippen LogP contribution in [0.4, 0.5) is 0 Å². The molecule has 2 saturated heterocycles. The van der Waals surface area contributed by atoms with E-state index < -0.39 is 0 Å². The van der Waals surface area contributed by atoms with Gasteiger partial charge in [0.1, 0.15) is 0 Å². The highest BCUT2D eigenvalue weighted by atomic mass is 16.5. The first-order valence-corrected chi connectivity index (χ1v) is 11.1. The van der Waals surface area contributed by atoms with Crippen LogP contribution < -0.4 is 0 Å². The Morgan fingerprint density at radius 1 is 1.24 bits per heavy atom. The monoisotopic (exact) mass is 402 g/mol. The SMILES string of the molecule is CCOC(=O)[C@@]12CC[C@@H](N3CCOCC3)C[C@H]1CCN(Cc1cnc(C)cn1)C2. The quantitative estimate of drug-likeness (QED) is 0.698. The van der Waals surface area contributed by atoms with Crippen LogP contribution in [0, 0.1) is 18.3 Å². The molecule has 160 valence electrons. The van der Waals surface area contributed by atoms with Gasteiger partial charge in [0, 0.05) is 44.6 Å². The number of ether oxygens (including phenoxy) is 2. The fourth-order valence-corrected chi connectivity index (χ4v) is 5.47. The maximum Gasteiger partial charge on any atom is 0.313 e. The number of hydrogen-bond acceptors (Lipinski definition) is 7. The molecule has 3 heterocycles. The summed E-state index contributed by atoms with van der Waals surface area (Å²) in [7, 11) is 0. The summed E-state index contributed by atoms with van der Waals surface area (Å²) in [4.78, 5) is 27.0. The van der Waals surface area contributed by atoms with Crippen LogP contribution in [0.25, 0.3) is 0 Å². The lowest BCUT2D eigenvalue weighted by Gasteiger charge is -2.52. The zero-order chi connectivity index (χ0) is 20.3. The summed E-state index contributed by atoms with van der Waals surface area (Å²) in [6, 6.07) is 0.570. The Hall–Kier alpha value is -1.57. The van der Waals surface area contributed by atoms with Crippen molar-refractivity contribution in [3.8, 4) is 0 Å². The molecule has 4 rings (SSSR count). The van der Waals surface area contributed by atoms with Crippen molar-refractivity contribution in [3.63, 3.8) is 0 Å². The molecule has 0 bridgehead atoms. The number of hydrogen-bond donors (Lipinski definition) is 0. The average Bonchev–Trinajstić information content (AvgIpc) is 2.75. The van der Waals surface area contributed by atoms with E-state index in [0.717, 1.165) is 83.0 Å². The standard InChI is InChI=1S/C22H34N4O3/c1-3-29-21(27)22-6-4-20(26-8-10-28-11-9-26)12-18(22)5-7-25(16-22)15-19-14-23-17(2)13-24-19/h13-14,18,20H,3-12,15-16H2,1-2H3/t18-,20-,22-/m1/s1. The van der Waals surface area contributed by atoms with Gasteiger partial charge in [0.2, 0.25) is 0 Å². The number of morpholine rings is 1. The Morgan fingerprint density at radius 2 is 2.07 bits per heavy atom. The van der Waals surface area contributed by atoms with E-state index in [1.807, 2.05) is 26.2 Å². The predicted octanol–water partition coefficient (Wildman–Crippen LogP) is 2.04. The van der Waals surface area contributed by atoms with Crippen LogP contribution in [0.5, 0.6) is 0 Å². The molecular weight excluding hydrogens is 368 g/mol. The van der Waals surface area contributed by atoms with Gasteiger partial charge in [-0.3, -0.25) is 24.6 Å². The number of esters is 1. The molecule has 1 aromatic rings. The largest absolute Gasteiger partial charge is 0.466 e. The van der Waals surface area contributed by atoms with Crippen LogP contribution >= 0.6 is 0 Å². The molecule has 1 aromatic heterocycles. The zero-order valence-electron chi connectivity index (χ0n) is 17.8. The first-order chi connectivity index (χ1) is 14.1. The summed E-state index contributed by atoms with van der Waals surface area (Å²) in [5.74, 6) is 0.397. The van der Waals surface area contributed by atoms with Gasteiger partial charge >= 0.3 is 5.97 Å². The third kappa shape index (κ3) is 4.47. The molecule has 1 saturated carbocycles. The van der Waals surface area contributed by atoms with Crippen molar-refractivity contribution in [2.45, 2.75) is 52.1 Å². The molecule has 3 aliphatic rings. The third-order valence-electron chi connectivity index (χ3n) is 7.03. The minimum absolute atomic E-state index is 0.00474. The van der Waals surface area contributed by atoms with Gasteiger partial charge in [-0.15, -0.1) is 0 Å². The molecule has 0 radical (unpaired) electrons. The van der Waals surface area contributed by atoms with Crippen molar-refractivity contribution in [2.75, 3.05) is 46.0 Å². The van der Waals surface area contributed by atoms with Crippen molar-refractivity contribution in [1.82, 2.24) is 19.8 Å². The lowest BCUT2D eigenvalue weighted by Crippen LogP contribution is -2.58. The number of carbonyl (C=O) groups is 1. The maximum absolute atomic E-state index is 13.2. The topological polar surface area (TPSA) is 67.8 Å². The van der Waals surface area contributed by atoms with E-state index in [1.54, 1.807) is 0 Å². The number of aromatic nitrogens is 2. The third-order valence-corrected chi connectivity index (χ3v) is 7.03. The molecule has 0 aromatic carbocycles. The molecule has 7 nitrogen and oxygen atoms in total. The van der Waals surface area contributed by atoms with Gasteiger partial charge in [0.15, 0.2) is 0 Å². The maximum atomic E-state index is 13.2. The zero-order valence-corrected chi connectivity index (χ0v) is 17.8. The second-order valence-electron chi connectivity index (χ2n) is 8.80. The van der Waals surface area contributed by atoms with E-state index in [-0.39, 0.29) is 11.4 Å². The summed E-state index contributed by atoms with van der Waals surface area (Å²) in [6.45, 7) is 10.5. The molecule has 0 amide bonds. The van der Waals surface area contributed by atoms with Gasteiger partial charge < -0.3 is 9.47 Å². The fourth-order valence-electron chi connectivity index (χ4n) is 5.47. The van der Waals surface area contributed by atoms with Crippen LogP contribution in [0.1, 0.15) is 44.0 Å². The molecule has 1 aliphatic carbocycles. The number of nitrogens with zero attached hydrogens (tertiary/aromatic N) is 4. The van der Waals surface area contributed by atoms with Gasteiger partial charge in [0.25, 0.3) is 0 Å².